The SMILES string of the molecule is CCc1ccccc1CN(CC(=O)O)CC(F)(F)F. The highest BCUT2D eigenvalue weighted by Gasteiger charge is 2.31. The maximum atomic E-state index is 12.4. The van der Waals surface area contributed by atoms with E-state index in [9.17, 15) is 18.0 Å². The summed E-state index contributed by atoms with van der Waals surface area (Å²) in [6.07, 6.45) is -3.71. The van der Waals surface area contributed by atoms with Crippen LogP contribution in [-0.2, 0) is 17.8 Å². The van der Waals surface area contributed by atoms with Gasteiger partial charge in [0, 0.05) is 6.54 Å². The lowest BCUT2D eigenvalue weighted by Gasteiger charge is -2.22. The molecule has 6 heteroatoms. The van der Waals surface area contributed by atoms with Crippen molar-refractivity contribution >= 4 is 5.97 Å². The van der Waals surface area contributed by atoms with Crippen LogP contribution in [0.1, 0.15) is 18.1 Å². The molecule has 0 spiro atoms. The summed E-state index contributed by atoms with van der Waals surface area (Å²) in [5, 5.41) is 8.68. The molecule has 0 aliphatic rings. The molecule has 106 valence electrons. The van der Waals surface area contributed by atoms with E-state index in [2.05, 4.69) is 0 Å². The average molecular weight is 275 g/mol. The van der Waals surface area contributed by atoms with Crippen LogP contribution in [0.25, 0.3) is 0 Å². The number of alkyl halides is 3. The summed E-state index contributed by atoms with van der Waals surface area (Å²) in [6.45, 7) is 0.0366. The second kappa shape index (κ2) is 6.56. The topological polar surface area (TPSA) is 40.5 Å². The number of carbonyl (C=O) groups is 1. The molecule has 0 heterocycles. The molecular weight excluding hydrogens is 259 g/mol. The van der Waals surface area contributed by atoms with E-state index in [0.29, 0.717) is 6.42 Å². The van der Waals surface area contributed by atoms with E-state index in [-0.39, 0.29) is 6.54 Å². The van der Waals surface area contributed by atoms with Crippen molar-refractivity contribution in [3.63, 3.8) is 0 Å². The van der Waals surface area contributed by atoms with Gasteiger partial charge in [0.25, 0.3) is 0 Å². The molecule has 3 nitrogen and oxygen atoms in total. The van der Waals surface area contributed by atoms with E-state index in [1.165, 1.54) is 0 Å². The molecule has 1 aromatic carbocycles. The van der Waals surface area contributed by atoms with Gasteiger partial charge >= 0.3 is 12.1 Å². The van der Waals surface area contributed by atoms with Crippen molar-refractivity contribution in [3.8, 4) is 0 Å². The first-order valence-electron chi connectivity index (χ1n) is 5.89. The van der Waals surface area contributed by atoms with E-state index >= 15 is 0 Å². The zero-order valence-electron chi connectivity index (χ0n) is 10.6. The van der Waals surface area contributed by atoms with Gasteiger partial charge in [-0.3, -0.25) is 9.69 Å². The molecule has 0 aliphatic carbocycles. The molecule has 1 aromatic rings. The summed E-state index contributed by atoms with van der Waals surface area (Å²) >= 11 is 0. The fourth-order valence-corrected chi connectivity index (χ4v) is 1.91. The number of benzene rings is 1. The molecular formula is C13H16F3NO2. The molecule has 0 atom stereocenters. The number of aryl methyl sites for hydroxylation is 1. The number of rotatable bonds is 6. The van der Waals surface area contributed by atoms with Crippen LogP contribution in [-0.4, -0.2) is 35.2 Å². The van der Waals surface area contributed by atoms with Crippen LogP contribution >= 0.6 is 0 Å². The molecule has 1 N–H and O–H groups in total. The standard InChI is InChI=1S/C13H16F3NO2/c1-2-10-5-3-4-6-11(10)7-17(8-12(18)19)9-13(14,15)16/h3-6H,2,7-9H2,1H3,(H,18,19). The lowest BCUT2D eigenvalue weighted by atomic mass is 10.0. The summed E-state index contributed by atoms with van der Waals surface area (Å²) in [7, 11) is 0. The summed E-state index contributed by atoms with van der Waals surface area (Å²) < 4.78 is 37.2. The lowest BCUT2D eigenvalue weighted by molar-refractivity contribution is -0.154. The smallest absolute Gasteiger partial charge is 0.401 e. The Morgan fingerprint density at radius 3 is 2.32 bits per heavy atom. The molecule has 0 saturated heterocycles. The highest BCUT2D eigenvalue weighted by Crippen LogP contribution is 2.19. The summed E-state index contributed by atoms with van der Waals surface area (Å²) in [5.41, 5.74) is 1.66. The van der Waals surface area contributed by atoms with Crippen molar-refractivity contribution in [1.82, 2.24) is 4.90 Å². The minimum absolute atomic E-state index is 0.0180. The second-order valence-corrected chi connectivity index (χ2v) is 4.28. The van der Waals surface area contributed by atoms with Crippen molar-refractivity contribution < 1.29 is 23.1 Å². The highest BCUT2D eigenvalue weighted by atomic mass is 19.4. The zero-order chi connectivity index (χ0) is 14.5. The number of aliphatic carboxylic acids is 1. The normalized spacial score (nSPS) is 11.8. The van der Waals surface area contributed by atoms with Gasteiger partial charge in [0.1, 0.15) is 0 Å². The van der Waals surface area contributed by atoms with Gasteiger partial charge in [0.15, 0.2) is 0 Å². The highest BCUT2D eigenvalue weighted by molar-refractivity contribution is 5.69. The largest absolute Gasteiger partial charge is 0.480 e. The van der Waals surface area contributed by atoms with E-state index < -0.39 is 25.2 Å². The minimum atomic E-state index is -4.41. The molecule has 0 aromatic heterocycles. The van der Waals surface area contributed by atoms with E-state index in [1.54, 1.807) is 12.1 Å². The molecule has 0 amide bonds. The first-order chi connectivity index (χ1) is 8.81. The Kier molecular flexibility index (Phi) is 5.35. The first-order valence-corrected chi connectivity index (χ1v) is 5.89. The Morgan fingerprint density at radius 1 is 1.26 bits per heavy atom. The van der Waals surface area contributed by atoms with Crippen molar-refractivity contribution in [2.24, 2.45) is 0 Å². The van der Waals surface area contributed by atoms with Crippen LogP contribution in [0.3, 0.4) is 0 Å². The van der Waals surface area contributed by atoms with Crippen molar-refractivity contribution in [2.45, 2.75) is 26.1 Å². The Labute approximate surface area is 109 Å². The molecule has 0 aliphatic heterocycles. The number of carboxylic acid groups (broad SMARTS) is 1. The molecule has 0 radical (unpaired) electrons. The second-order valence-electron chi connectivity index (χ2n) is 4.28. The maximum Gasteiger partial charge on any atom is 0.401 e. The lowest BCUT2D eigenvalue weighted by Crippen LogP contribution is -2.37. The number of nitrogens with zero attached hydrogens (tertiary/aromatic N) is 1. The van der Waals surface area contributed by atoms with Crippen molar-refractivity contribution in [2.75, 3.05) is 13.1 Å². The predicted octanol–water partition coefficient (Wildman–Crippen LogP) is 2.70. The van der Waals surface area contributed by atoms with Crippen molar-refractivity contribution in [1.29, 1.82) is 0 Å². The van der Waals surface area contributed by atoms with Gasteiger partial charge in [0.05, 0.1) is 13.1 Å². The Balaban J connectivity index is 2.84. The first kappa shape index (κ1) is 15.5. The van der Waals surface area contributed by atoms with E-state index in [4.69, 9.17) is 5.11 Å². The monoisotopic (exact) mass is 275 g/mol. The molecule has 0 bridgehead atoms. The third-order valence-corrected chi connectivity index (χ3v) is 2.65. The van der Waals surface area contributed by atoms with Crippen LogP contribution in [0, 0.1) is 0 Å². The van der Waals surface area contributed by atoms with Gasteiger partial charge in [-0.25, -0.2) is 0 Å². The molecule has 19 heavy (non-hydrogen) atoms. The van der Waals surface area contributed by atoms with Gasteiger partial charge in [-0.05, 0) is 17.5 Å². The van der Waals surface area contributed by atoms with Gasteiger partial charge < -0.3 is 5.11 Å². The number of hydrogen-bond donors (Lipinski definition) is 1. The average Bonchev–Trinajstić information content (AvgIpc) is 2.26. The van der Waals surface area contributed by atoms with Gasteiger partial charge in [0.2, 0.25) is 0 Å². The number of hydrogen-bond acceptors (Lipinski definition) is 2. The zero-order valence-corrected chi connectivity index (χ0v) is 10.6. The molecule has 0 unspecified atom stereocenters. The quantitative estimate of drug-likeness (QED) is 0.867. The fourth-order valence-electron chi connectivity index (χ4n) is 1.91. The number of halogens is 3. The molecule has 0 saturated carbocycles. The molecule has 0 fully saturated rings. The van der Waals surface area contributed by atoms with Crippen LogP contribution < -0.4 is 0 Å². The van der Waals surface area contributed by atoms with Crippen LogP contribution in [0.15, 0.2) is 24.3 Å². The third kappa shape index (κ3) is 5.74. The van der Waals surface area contributed by atoms with Crippen LogP contribution in [0.2, 0.25) is 0 Å². The Bertz CT molecular complexity index is 432. The third-order valence-electron chi connectivity index (χ3n) is 2.65. The Hall–Kier alpha value is -1.56. The predicted molar refractivity (Wildman–Crippen MR) is 64.8 cm³/mol. The summed E-state index contributed by atoms with van der Waals surface area (Å²) in [6, 6.07) is 7.11. The minimum Gasteiger partial charge on any atom is -0.480 e. The fraction of sp³-hybridized carbons (Fsp3) is 0.462. The van der Waals surface area contributed by atoms with E-state index in [1.807, 2.05) is 19.1 Å². The Morgan fingerprint density at radius 2 is 1.84 bits per heavy atom. The maximum absolute atomic E-state index is 12.4. The van der Waals surface area contributed by atoms with E-state index in [0.717, 1.165) is 16.0 Å². The van der Waals surface area contributed by atoms with Gasteiger partial charge in [-0.15, -0.1) is 0 Å². The number of carboxylic acids is 1. The van der Waals surface area contributed by atoms with Gasteiger partial charge in [-0.2, -0.15) is 13.2 Å². The molecule has 1 rings (SSSR count). The van der Waals surface area contributed by atoms with Crippen LogP contribution in [0.4, 0.5) is 13.2 Å². The summed E-state index contributed by atoms with van der Waals surface area (Å²) in [4.78, 5) is 11.5. The van der Waals surface area contributed by atoms with Gasteiger partial charge in [-0.1, -0.05) is 31.2 Å². The summed E-state index contributed by atoms with van der Waals surface area (Å²) in [5.74, 6) is -1.27. The van der Waals surface area contributed by atoms with Crippen molar-refractivity contribution in [3.05, 3.63) is 35.4 Å². The van der Waals surface area contributed by atoms with Crippen LogP contribution in [0.5, 0.6) is 0 Å².